The summed E-state index contributed by atoms with van der Waals surface area (Å²) in [6.45, 7) is 1.77. The van der Waals surface area contributed by atoms with E-state index in [1.165, 1.54) is 4.68 Å². The van der Waals surface area contributed by atoms with Gasteiger partial charge in [0.1, 0.15) is 6.61 Å². The number of alkyl halides is 2. The molecular formula is C11H18F2N4O3. The largest absolute Gasteiger partial charge is 0.481 e. The number of aromatic nitrogens is 4. The van der Waals surface area contributed by atoms with Gasteiger partial charge in [0.2, 0.25) is 0 Å². The predicted molar refractivity (Wildman–Crippen MR) is 64.4 cm³/mol. The molecule has 1 aromatic rings. The minimum Gasteiger partial charge on any atom is -0.481 e. The van der Waals surface area contributed by atoms with Crippen LogP contribution >= 0.6 is 0 Å². The molecule has 0 saturated carbocycles. The van der Waals surface area contributed by atoms with E-state index in [1.807, 2.05) is 6.92 Å². The Morgan fingerprint density at radius 2 is 2.25 bits per heavy atom. The van der Waals surface area contributed by atoms with Crippen LogP contribution in [0.15, 0.2) is 0 Å². The minimum absolute atomic E-state index is 0.0394. The van der Waals surface area contributed by atoms with Crippen molar-refractivity contribution in [2.24, 2.45) is 5.92 Å². The summed E-state index contributed by atoms with van der Waals surface area (Å²) in [5.41, 5.74) is 0. The average Bonchev–Trinajstić information content (AvgIpc) is 2.80. The van der Waals surface area contributed by atoms with Crippen LogP contribution in [0.1, 0.15) is 25.6 Å². The maximum Gasteiger partial charge on any atom is 0.303 e. The van der Waals surface area contributed by atoms with Crippen molar-refractivity contribution in [2.75, 3.05) is 13.2 Å². The highest BCUT2D eigenvalue weighted by atomic mass is 19.3. The molecule has 0 amide bonds. The van der Waals surface area contributed by atoms with Gasteiger partial charge in [-0.15, -0.1) is 5.10 Å². The number of halogens is 2. The Morgan fingerprint density at radius 3 is 2.85 bits per heavy atom. The highest BCUT2D eigenvalue weighted by Crippen LogP contribution is 2.11. The van der Waals surface area contributed by atoms with Crippen molar-refractivity contribution < 1.29 is 23.4 Å². The van der Waals surface area contributed by atoms with Gasteiger partial charge in [-0.05, 0) is 16.3 Å². The standard InChI is InChI=1S/C11H18F2N4O3/c1-2-8(5-11(18)19)6-17-10(14-15-16-17)3-4-20-7-9(12)13/h8-9H,2-7H2,1H3,(H,18,19). The molecule has 1 aromatic heterocycles. The van der Waals surface area contributed by atoms with Crippen LogP contribution in [0, 0.1) is 5.92 Å². The summed E-state index contributed by atoms with van der Waals surface area (Å²) in [6, 6.07) is 0. The van der Waals surface area contributed by atoms with E-state index < -0.39 is 19.0 Å². The quantitative estimate of drug-likeness (QED) is 0.647. The number of nitrogens with zero attached hydrogens (tertiary/aromatic N) is 4. The SMILES string of the molecule is CCC(CC(=O)O)Cn1nnnc1CCOCC(F)F. The van der Waals surface area contributed by atoms with Gasteiger partial charge in [0.25, 0.3) is 6.43 Å². The molecule has 1 rings (SSSR count). The molecule has 0 saturated heterocycles. The van der Waals surface area contributed by atoms with E-state index in [4.69, 9.17) is 9.84 Å². The number of aliphatic carboxylic acids is 1. The van der Waals surface area contributed by atoms with Crippen molar-refractivity contribution in [3.05, 3.63) is 5.82 Å². The minimum atomic E-state index is -2.49. The topological polar surface area (TPSA) is 90.1 Å². The molecule has 0 aliphatic rings. The zero-order valence-corrected chi connectivity index (χ0v) is 11.2. The molecule has 0 fully saturated rings. The number of carboxylic acid groups (broad SMARTS) is 1. The zero-order valence-electron chi connectivity index (χ0n) is 11.2. The monoisotopic (exact) mass is 292 g/mol. The van der Waals surface area contributed by atoms with E-state index in [0.717, 1.165) is 0 Å². The van der Waals surface area contributed by atoms with E-state index >= 15 is 0 Å². The lowest BCUT2D eigenvalue weighted by Gasteiger charge is -2.13. The Hall–Kier alpha value is -1.64. The van der Waals surface area contributed by atoms with E-state index in [-0.39, 0.29) is 18.9 Å². The number of ether oxygens (including phenoxy) is 1. The first kappa shape index (κ1) is 16.4. The molecule has 1 atom stereocenters. The second kappa shape index (κ2) is 8.51. The highest BCUT2D eigenvalue weighted by molar-refractivity contribution is 5.66. The van der Waals surface area contributed by atoms with Crippen molar-refractivity contribution in [1.29, 1.82) is 0 Å². The maximum atomic E-state index is 11.9. The highest BCUT2D eigenvalue weighted by Gasteiger charge is 2.15. The fourth-order valence-electron chi connectivity index (χ4n) is 1.71. The fourth-order valence-corrected chi connectivity index (χ4v) is 1.71. The Morgan fingerprint density at radius 1 is 1.50 bits per heavy atom. The second-order valence-corrected chi connectivity index (χ2v) is 4.37. The second-order valence-electron chi connectivity index (χ2n) is 4.37. The number of hydrogen-bond donors (Lipinski definition) is 1. The van der Waals surface area contributed by atoms with Gasteiger partial charge in [-0.3, -0.25) is 4.79 Å². The number of hydrogen-bond acceptors (Lipinski definition) is 5. The van der Waals surface area contributed by atoms with Crippen LogP contribution in [-0.2, 0) is 22.5 Å². The van der Waals surface area contributed by atoms with Gasteiger partial charge in [0.05, 0.1) is 6.61 Å². The van der Waals surface area contributed by atoms with Gasteiger partial charge in [-0.2, -0.15) is 0 Å². The lowest BCUT2D eigenvalue weighted by Crippen LogP contribution is -2.18. The summed E-state index contributed by atoms with van der Waals surface area (Å²) in [5.74, 6) is -0.438. The smallest absolute Gasteiger partial charge is 0.303 e. The molecule has 1 N–H and O–H groups in total. The van der Waals surface area contributed by atoms with Gasteiger partial charge < -0.3 is 9.84 Å². The van der Waals surface area contributed by atoms with E-state index in [9.17, 15) is 13.6 Å². The Kier molecular flexibility index (Phi) is 6.99. The lowest BCUT2D eigenvalue weighted by molar-refractivity contribution is -0.138. The number of rotatable bonds is 10. The molecule has 7 nitrogen and oxygen atoms in total. The van der Waals surface area contributed by atoms with Crippen LogP contribution in [0.4, 0.5) is 8.78 Å². The summed E-state index contributed by atoms with van der Waals surface area (Å²) in [6.07, 6.45) is -1.46. The summed E-state index contributed by atoms with van der Waals surface area (Å²) in [7, 11) is 0. The Bertz CT molecular complexity index is 414. The van der Waals surface area contributed by atoms with Crippen molar-refractivity contribution in [3.8, 4) is 0 Å². The van der Waals surface area contributed by atoms with Gasteiger partial charge in [-0.1, -0.05) is 13.3 Å². The van der Waals surface area contributed by atoms with E-state index in [2.05, 4.69) is 15.5 Å². The molecule has 20 heavy (non-hydrogen) atoms. The van der Waals surface area contributed by atoms with Crippen LogP contribution in [0.3, 0.4) is 0 Å². The van der Waals surface area contributed by atoms with E-state index in [1.54, 1.807) is 0 Å². The Balaban J connectivity index is 2.46. The molecule has 9 heteroatoms. The number of carboxylic acids is 1. The first-order valence-electron chi connectivity index (χ1n) is 6.35. The van der Waals surface area contributed by atoms with Gasteiger partial charge >= 0.3 is 5.97 Å². The predicted octanol–water partition coefficient (Wildman–Crippen LogP) is 0.998. The molecule has 0 aliphatic heterocycles. The van der Waals surface area contributed by atoms with Crippen LogP contribution < -0.4 is 0 Å². The fraction of sp³-hybridized carbons (Fsp3) is 0.818. The van der Waals surface area contributed by atoms with Gasteiger partial charge in [0.15, 0.2) is 5.82 Å². The molecule has 0 aliphatic carbocycles. The third-order valence-corrected chi connectivity index (χ3v) is 2.79. The average molecular weight is 292 g/mol. The van der Waals surface area contributed by atoms with Crippen LogP contribution in [0.5, 0.6) is 0 Å². The van der Waals surface area contributed by atoms with E-state index in [0.29, 0.717) is 25.2 Å². The molecule has 1 heterocycles. The van der Waals surface area contributed by atoms with Gasteiger partial charge in [0, 0.05) is 19.4 Å². The first-order valence-corrected chi connectivity index (χ1v) is 6.35. The molecule has 1 unspecified atom stereocenters. The first-order chi connectivity index (χ1) is 9.52. The van der Waals surface area contributed by atoms with Crippen molar-refractivity contribution >= 4 is 5.97 Å². The number of carbonyl (C=O) groups is 1. The van der Waals surface area contributed by atoms with Crippen LogP contribution in [0.25, 0.3) is 0 Å². The summed E-state index contributed by atoms with van der Waals surface area (Å²) >= 11 is 0. The molecular weight excluding hydrogens is 274 g/mol. The summed E-state index contributed by atoms with van der Waals surface area (Å²) in [4.78, 5) is 10.7. The van der Waals surface area contributed by atoms with Crippen molar-refractivity contribution in [2.45, 2.75) is 39.2 Å². The molecule has 0 radical (unpaired) electrons. The summed E-state index contributed by atoms with van der Waals surface area (Å²) in [5, 5.41) is 19.9. The Labute approximate surface area is 114 Å². The molecule has 0 spiro atoms. The van der Waals surface area contributed by atoms with Crippen LogP contribution in [0.2, 0.25) is 0 Å². The maximum absolute atomic E-state index is 11.9. The van der Waals surface area contributed by atoms with Crippen LogP contribution in [-0.4, -0.2) is 50.9 Å². The van der Waals surface area contributed by atoms with Crippen molar-refractivity contribution in [3.63, 3.8) is 0 Å². The number of tetrazole rings is 1. The lowest BCUT2D eigenvalue weighted by atomic mass is 10.0. The molecule has 0 aromatic carbocycles. The zero-order chi connectivity index (χ0) is 15.0. The third-order valence-electron chi connectivity index (χ3n) is 2.79. The van der Waals surface area contributed by atoms with Crippen molar-refractivity contribution in [1.82, 2.24) is 20.2 Å². The molecule has 0 bridgehead atoms. The third kappa shape index (κ3) is 6.00. The normalized spacial score (nSPS) is 12.8. The summed E-state index contributed by atoms with van der Waals surface area (Å²) < 4.78 is 30.1. The molecule has 114 valence electrons. The van der Waals surface area contributed by atoms with Gasteiger partial charge in [-0.25, -0.2) is 13.5 Å².